The standard InChI is InChI=1S/C30H27N5O4S/c1-35(2)26-11-5-8-22-21(26)7-6-12-28(22)40(37,38)32-16-15-31-20-14-13-19-17-23(30(36)39-27(19)18-20)29-33-24-9-3-4-10-25(24)34-29/h3-14,17-18,31-32H,15-16H2,1-2H3,(H,33,34). The fourth-order valence-electron chi connectivity index (χ4n) is 4.83. The smallest absolute Gasteiger partial charge is 0.347 e. The highest BCUT2D eigenvalue weighted by atomic mass is 32.2. The van der Waals surface area contributed by atoms with Gasteiger partial charge >= 0.3 is 5.63 Å². The number of anilines is 2. The lowest BCUT2D eigenvalue weighted by atomic mass is 10.1. The van der Waals surface area contributed by atoms with E-state index in [0.29, 0.717) is 34.6 Å². The van der Waals surface area contributed by atoms with Crippen molar-refractivity contribution in [3.8, 4) is 11.4 Å². The molecule has 4 aromatic carbocycles. The van der Waals surface area contributed by atoms with Crippen LogP contribution in [-0.2, 0) is 10.0 Å². The fourth-order valence-corrected chi connectivity index (χ4v) is 6.08. The van der Waals surface area contributed by atoms with Crippen LogP contribution in [0.5, 0.6) is 0 Å². The molecule has 0 aliphatic carbocycles. The van der Waals surface area contributed by atoms with E-state index in [4.69, 9.17) is 4.42 Å². The maximum Gasteiger partial charge on any atom is 0.347 e. The van der Waals surface area contributed by atoms with Gasteiger partial charge in [0.2, 0.25) is 10.0 Å². The second-order valence-corrected chi connectivity index (χ2v) is 11.4. The lowest BCUT2D eigenvalue weighted by Gasteiger charge is -2.17. The molecule has 0 bridgehead atoms. The van der Waals surface area contributed by atoms with Crippen molar-refractivity contribution in [2.45, 2.75) is 4.90 Å². The summed E-state index contributed by atoms with van der Waals surface area (Å²) in [5, 5.41) is 5.47. The van der Waals surface area contributed by atoms with E-state index in [1.54, 1.807) is 24.3 Å². The summed E-state index contributed by atoms with van der Waals surface area (Å²) in [5.41, 5.74) is 3.53. The Hall–Kier alpha value is -4.67. The van der Waals surface area contributed by atoms with E-state index < -0.39 is 15.6 Å². The number of aromatic amines is 1. The van der Waals surface area contributed by atoms with E-state index in [1.807, 2.05) is 79.7 Å². The molecule has 0 atom stereocenters. The third kappa shape index (κ3) is 4.78. The van der Waals surface area contributed by atoms with E-state index in [2.05, 4.69) is 20.0 Å². The molecule has 10 heteroatoms. The summed E-state index contributed by atoms with van der Waals surface area (Å²) in [6.07, 6.45) is 0. The van der Waals surface area contributed by atoms with Crippen LogP contribution in [0.15, 0.2) is 99.0 Å². The number of hydrogen-bond acceptors (Lipinski definition) is 7. The summed E-state index contributed by atoms with van der Waals surface area (Å²) in [7, 11) is 0.114. The number of benzene rings is 4. The Morgan fingerprint density at radius 1 is 0.900 bits per heavy atom. The van der Waals surface area contributed by atoms with Gasteiger partial charge in [-0.05, 0) is 42.5 Å². The molecule has 0 saturated carbocycles. The Bertz CT molecular complexity index is 2010. The van der Waals surface area contributed by atoms with Gasteiger partial charge in [0.1, 0.15) is 17.0 Å². The first-order chi connectivity index (χ1) is 19.3. The average molecular weight is 554 g/mol. The maximum atomic E-state index is 13.1. The molecule has 2 heterocycles. The molecule has 3 N–H and O–H groups in total. The van der Waals surface area contributed by atoms with E-state index in [9.17, 15) is 13.2 Å². The first kappa shape index (κ1) is 25.6. The Morgan fingerprint density at radius 3 is 2.52 bits per heavy atom. The predicted octanol–water partition coefficient (Wildman–Crippen LogP) is 4.95. The minimum Gasteiger partial charge on any atom is -0.422 e. The largest absolute Gasteiger partial charge is 0.422 e. The van der Waals surface area contributed by atoms with Crippen LogP contribution in [0.2, 0.25) is 0 Å². The van der Waals surface area contributed by atoms with Crippen LogP contribution in [0.4, 0.5) is 11.4 Å². The summed E-state index contributed by atoms with van der Waals surface area (Å²) >= 11 is 0. The van der Waals surface area contributed by atoms with Crippen LogP contribution in [0.25, 0.3) is 44.2 Å². The Balaban J connectivity index is 1.16. The van der Waals surface area contributed by atoms with Crippen LogP contribution < -0.4 is 20.6 Å². The molecule has 202 valence electrons. The van der Waals surface area contributed by atoms with Crippen molar-refractivity contribution >= 4 is 54.2 Å². The molecule has 6 aromatic rings. The monoisotopic (exact) mass is 553 g/mol. The Labute approximate surface area is 230 Å². The summed E-state index contributed by atoms with van der Waals surface area (Å²) < 4.78 is 34.6. The van der Waals surface area contributed by atoms with Crippen LogP contribution in [0.3, 0.4) is 0 Å². The summed E-state index contributed by atoms with van der Waals surface area (Å²) in [4.78, 5) is 22.6. The molecular weight excluding hydrogens is 526 g/mol. The molecule has 0 spiro atoms. The van der Waals surface area contributed by atoms with Crippen LogP contribution in [0.1, 0.15) is 0 Å². The second kappa shape index (κ2) is 10.1. The molecule has 0 fully saturated rings. The van der Waals surface area contributed by atoms with Gasteiger partial charge in [-0.25, -0.2) is 22.9 Å². The topological polar surface area (TPSA) is 120 Å². The third-order valence-corrected chi connectivity index (χ3v) is 8.28. The molecule has 6 rings (SSSR count). The van der Waals surface area contributed by atoms with Gasteiger partial charge in [-0.3, -0.25) is 0 Å². The lowest BCUT2D eigenvalue weighted by Crippen LogP contribution is -2.29. The minimum atomic E-state index is -3.74. The zero-order chi connectivity index (χ0) is 27.9. The average Bonchev–Trinajstić information content (AvgIpc) is 3.38. The normalized spacial score (nSPS) is 11.8. The fraction of sp³-hybridized carbons (Fsp3) is 0.133. The first-order valence-electron chi connectivity index (χ1n) is 12.8. The number of para-hydroxylation sites is 2. The van der Waals surface area contributed by atoms with E-state index in [0.717, 1.165) is 27.5 Å². The number of nitrogens with zero attached hydrogens (tertiary/aromatic N) is 2. The second-order valence-electron chi connectivity index (χ2n) is 9.65. The van der Waals surface area contributed by atoms with Gasteiger partial charge in [0.15, 0.2) is 0 Å². The van der Waals surface area contributed by atoms with Gasteiger partial charge in [0, 0.05) is 60.8 Å². The van der Waals surface area contributed by atoms with E-state index in [-0.39, 0.29) is 11.4 Å². The zero-order valence-electron chi connectivity index (χ0n) is 21.9. The van der Waals surface area contributed by atoms with Gasteiger partial charge in [-0.1, -0.05) is 36.4 Å². The van der Waals surface area contributed by atoms with Gasteiger partial charge in [-0.15, -0.1) is 0 Å². The molecular formula is C30H27N5O4S. The molecule has 0 radical (unpaired) electrons. The van der Waals surface area contributed by atoms with Crippen LogP contribution in [-0.4, -0.2) is 45.6 Å². The van der Waals surface area contributed by atoms with Crippen molar-refractivity contribution in [3.63, 3.8) is 0 Å². The summed E-state index contributed by atoms with van der Waals surface area (Å²) in [6.45, 7) is 0.499. The van der Waals surface area contributed by atoms with Gasteiger partial charge in [0.05, 0.1) is 15.9 Å². The van der Waals surface area contributed by atoms with E-state index in [1.165, 1.54) is 0 Å². The Kier molecular flexibility index (Phi) is 6.49. The van der Waals surface area contributed by atoms with Crippen molar-refractivity contribution in [2.75, 3.05) is 37.4 Å². The van der Waals surface area contributed by atoms with Crippen molar-refractivity contribution in [1.82, 2.24) is 14.7 Å². The van der Waals surface area contributed by atoms with Gasteiger partial charge in [-0.2, -0.15) is 0 Å². The molecule has 9 nitrogen and oxygen atoms in total. The minimum absolute atomic E-state index is 0.166. The number of aromatic nitrogens is 2. The number of fused-ring (bicyclic) bond motifs is 3. The van der Waals surface area contributed by atoms with Crippen molar-refractivity contribution in [1.29, 1.82) is 0 Å². The molecule has 0 unspecified atom stereocenters. The first-order valence-corrected chi connectivity index (χ1v) is 14.2. The molecule has 0 aliphatic rings. The molecule has 2 aromatic heterocycles. The number of nitrogens with one attached hydrogen (secondary N) is 3. The molecule has 0 aliphatic heterocycles. The highest BCUT2D eigenvalue weighted by molar-refractivity contribution is 7.89. The molecule has 0 saturated heterocycles. The number of hydrogen-bond donors (Lipinski definition) is 3. The lowest BCUT2D eigenvalue weighted by molar-refractivity contribution is 0.563. The third-order valence-electron chi connectivity index (χ3n) is 6.76. The number of rotatable bonds is 8. The van der Waals surface area contributed by atoms with Crippen LogP contribution >= 0.6 is 0 Å². The van der Waals surface area contributed by atoms with E-state index >= 15 is 0 Å². The Morgan fingerprint density at radius 2 is 1.70 bits per heavy atom. The predicted molar refractivity (Wildman–Crippen MR) is 160 cm³/mol. The summed E-state index contributed by atoms with van der Waals surface area (Å²) in [5.74, 6) is 0.454. The number of imidazole rings is 1. The number of H-pyrrole nitrogens is 1. The quantitative estimate of drug-likeness (QED) is 0.180. The van der Waals surface area contributed by atoms with Crippen LogP contribution in [0, 0.1) is 0 Å². The zero-order valence-corrected chi connectivity index (χ0v) is 22.7. The summed E-state index contributed by atoms with van der Waals surface area (Å²) in [6, 6.07) is 25.7. The van der Waals surface area contributed by atoms with Gasteiger partial charge in [0.25, 0.3) is 0 Å². The molecule has 0 amide bonds. The number of sulfonamides is 1. The van der Waals surface area contributed by atoms with Crippen molar-refractivity contribution < 1.29 is 12.8 Å². The van der Waals surface area contributed by atoms with Crippen molar-refractivity contribution in [3.05, 3.63) is 95.3 Å². The molecule has 40 heavy (non-hydrogen) atoms. The highest BCUT2D eigenvalue weighted by Crippen LogP contribution is 2.30. The maximum absolute atomic E-state index is 13.1. The highest BCUT2D eigenvalue weighted by Gasteiger charge is 2.18. The van der Waals surface area contributed by atoms with Gasteiger partial charge < -0.3 is 19.6 Å². The SMILES string of the molecule is CN(C)c1cccc2c(S(=O)(=O)NCCNc3ccc4cc(-c5nc6ccccc6[nH]5)c(=O)oc4c3)cccc12. The van der Waals surface area contributed by atoms with Crippen molar-refractivity contribution in [2.24, 2.45) is 0 Å².